The minimum atomic E-state index is 0. The van der Waals surface area contributed by atoms with Gasteiger partial charge < -0.3 is 29.0 Å². The molecule has 0 radical (unpaired) electrons. The standard InChI is InChI=1S/C19H38N4O5.H2/c1-4-18(2)20-5-7-24-9-11-26-13-15-28-16-14-27-12-10-25-8-6-23-17-19(3)21-22-23;/h17-18,20H,4-16H2,1-3H3;1H. The van der Waals surface area contributed by atoms with E-state index in [0.717, 1.165) is 18.7 Å². The van der Waals surface area contributed by atoms with E-state index in [2.05, 4.69) is 29.5 Å². The van der Waals surface area contributed by atoms with Gasteiger partial charge in [0.1, 0.15) is 0 Å². The zero-order valence-electron chi connectivity index (χ0n) is 17.7. The number of ether oxygens (including phenoxy) is 5. The topological polar surface area (TPSA) is 88.9 Å². The number of nitrogens with zero attached hydrogens (tertiary/aromatic N) is 3. The molecule has 1 aromatic heterocycles. The van der Waals surface area contributed by atoms with E-state index in [-0.39, 0.29) is 1.43 Å². The zero-order valence-corrected chi connectivity index (χ0v) is 17.7. The summed E-state index contributed by atoms with van der Waals surface area (Å²) in [6.45, 7) is 13.7. The highest BCUT2D eigenvalue weighted by Crippen LogP contribution is 1.90. The normalized spacial score (nSPS) is 12.5. The molecule has 0 bridgehead atoms. The first kappa shape index (κ1) is 24.9. The summed E-state index contributed by atoms with van der Waals surface area (Å²) in [5.74, 6) is 0. The van der Waals surface area contributed by atoms with E-state index >= 15 is 0 Å². The van der Waals surface area contributed by atoms with Crippen LogP contribution in [0.25, 0.3) is 0 Å². The number of rotatable bonds is 20. The molecule has 9 heteroatoms. The first-order valence-electron chi connectivity index (χ1n) is 10.2. The highest BCUT2D eigenvalue weighted by Gasteiger charge is 1.97. The Balaban J connectivity index is 0.00000784. The summed E-state index contributed by atoms with van der Waals surface area (Å²) >= 11 is 0. The first-order chi connectivity index (χ1) is 13.7. The van der Waals surface area contributed by atoms with Crippen molar-refractivity contribution in [3.63, 3.8) is 0 Å². The van der Waals surface area contributed by atoms with Crippen LogP contribution in [0.1, 0.15) is 27.4 Å². The molecule has 0 aromatic carbocycles. The summed E-state index contributed by atoms with van der Waals surface area (Å²) in [5.41, 5.74) is 0.909. The Hall–Kier alpha value is -1.10. The van der Waals surface area contributed by atoms with E-state index in [1.807, 2.05) is 13.1 Å². The molecular weight excluding hydrogens is 364 g/mol. The van der Waals surface area contributed by atoms with Gasteiger partial charge in [0.25, 0.3) is 0 Å². The SMILES string of the molecule is CCC(C)NCCOCCOCCOCCOCCOCCn1cc(C)nn1.[HH]. The summed E-state index contributed by atoms with van der Waals surface area (Å²) < 4.78 is 29.1. The van der Waals surface area contributed by atoms with E-state index in [9.17, 15) is 0 Å². The van der Waals surface area contributed by atoms with Crippen molar-refractivity contribution in [2.24, 2.45) is 0 Å². The summed E-state index contributed by atoms with van der Waals surface area (Å²) in [6.07, 6.45) is 3.02. The molecule has 9 nitrogen and oxygen atoms in total. The minimum Gasteiger partial charge on any atom is -0.378 e. The molecule has 0 saturated carbocycles. The van der Waals surface area contributed by atoms with Gasteiger partial charge in [-0.25, -0.2) is 4.68 Å². The van der Waals surface area contributed by atoms with Crippen molar-refractivity contribution in [3.05, 3.63) is 11.9 Å². The van der Waals surface area contributed by atoms with Crippen LogP contribution in [0.3, 0.4) is 0 Å². The molecule has 0 amide bonds. The molecule has 0 aliphatic carbocycles. The van der Waals surface area contributed by atoms with Crippen LogP contribution in [0.2, 0.25) is 0 Å². The molecule has 0 aliphatic heterocycles. The van der Waals surface area contributed by atoms with Crippen molar-refractivity contribution in [1.29, 1.82) is 0 Å². The van der Waals surface area contributed by atoms with Crippen LogP contribution in [-0.2, 0) is 30.2 Å². The van der Waals surface area contributed by atoms with Crippen LogP contribution in [0.15, 0.2) is 6.20 Å². The fourth-order valence-electron chi connectivity index (χ4n) is 2.17. The second kappa shape index (κ2) is 18.0. The lowest BCUT2D eigenvalue weighted by atomic mass is 10.3. The first-order valence-corrected chi connectivity index (χ1v) is 10.2. The van der Waals surface area contributed by atoms with E-state index in [0.29, 0.717) is 78.7 Å². The molecule has 1 rings (SSSR count). The van der Waals surface area contributed by atoms with Gasteiger partial charge in [-0.3, -0.25) is 0 Å². The van der Waals surface area contributed by atoms with Crippen LogP contribution in [0.5, 0.6) is 0 Å². The Bertz CT molecular complexity index is 468. The van der Waals surface area contributed by atoms with Crippen LogP contribution >= 0.6 is 0 Å². The molecule has 1 N–H and O–H groups in total. The maximum Gasteiger partial charge on any atom is 0.0796 e. The number of nitrogens with one attached hydrogen (secondary N) is 1. The van der Waals surface area contributed by atoms with Crippen LogP contribution in [-0.4, -0.2) is 93.6 Å². The number of hydrogen-bond donors (Lipinski definition) is 1. The predicted octanol–water partition coefficient (Wildman–Crippen LogP) is 1.30. The molecule has 166 valence electrons. The highest BCUT2D eigenvalue weighted by molar-refractivity contribution is 4.86. The van der Waals surface area contributed by atoms with Crippen LogP contribution in [0, 0.1) is 6.92 Å². The predicted molar refractivity (Wildman–Crippen MR) is 109 cm³/mol. The van der Waals surface area contributed by atoms with Gasteiger partial charge in [0.05, 0.1) is 78.3 Å². The molecule has 1 heterocycles. The molecular formula is C19H40N4O5. The Labute approximate surface area is 170 Å². The van der Waals surface area contributed by atoms with Crippen LogP contribution < -0.4 is 5.32 Å². The third-order valence-corrected chi connectivity index (χ3v) is 3.96. The molecule has 0 spiro atoms. The second-order valence-electron chi connectivity index (χ2n) is 6.45. The average molecular weight is 405 g/mol. The Morgan fingerprint density at radius 1 is 0.893 bits per heavy atom. The maximum atomic E-state index is 5.49. The van der Waals surface area contributed by atoms with Crippen molar-refractivity contribution in [3.8, 4) is 0 Å². The van der Waals surface area contributed by atoms with Gasteiger partial charge >= 0.3 is 0 Å². The van der Waals surface area contributed by atoms with Gasteiger partial charge in [-0.05, 0) is 20.3 Å². The van der Waals surface area contributed by atoms with E-state index in [1.165, 1.54) is 0 Å². The molecule has 1 atom stereocenters. The lowest BCUT2D eigenvalue weighted by molar-refractivity contribution is -0.0114. The third kappa shape index (κ3) is 14.9. The summed E-state index contributed by atoms with van der Waals surface area (Å²) in [5, 5.41) is 11.3. The Morgan fingerprint density at radius 2 is 1.39 bits per heavy atom. The van der Waals surface area contributed by atoms with Crippen molar-refractivity contribution < 1.29 is 25.1 Å². The highest BCUT2D eigenvalue weighted by atomic mass is 16.6. The molecule has 1 unspecified atom stereocenters. The van der Waals surface area contributed by atoms with E-state index in [1.54, 1.807) is 4.68 Å². The second-order valence-corrected chi connectivity index (χ2v) is 6.45. The lowest BCUT2D eigenvalue weighted by Gasteiger charge is -2.11. The van der Waals surface area contributed by atoms with Crippen molar-refractivity contribution in [1.82, 2.24) is 20.3 Å². The Morgan fingerprint density at radius 3 is 1.86 bits per heavy atom. The average Bonchev–Trinajstić information content (AvgIpc) is 3.11. The molecule has 0 aliphatic rings. The number of aromatic nitrogens is 3. The van der Waals surface area contributed by atoms with Gasteiger partial charge in [-0.2, -0.15) is 0 Å². The number of aryl methyl sites for hydroxylation is 1. The lowest BCUT2D eigenvalue weighted by Crippen LogP contribution is -2.29. The van der Waals surface area contributed by atoms with E-state index in [4.69, 9.17) is 23.7 Å². The maximum absolute atomic E-state index is 5.49. The molecule has 28 heavy (non-hydrogen) atoms. The Kier molecular flexibility index (Phi) is 16.0. The van der Waals surface area contributed by atoms with Crippen LogP contribution in [0.4, 0.5) is 0 Å². The summed E-state index contributed by atoms with van der Waals surface area (Å²) in [4.78, 5) is 0. The largest absolute Gasteiger partial charge is 0.378 e. The van der Waals surface area contributed by atoms with Gasteiger partial charge in [0.15, 0.2) is 0 Å². The van der Waals surface area contributed by atoms with Gasteiger partial charge in [0, 0.05) is 20.2 Å². The smallest absolute Gasteiger partial charge is 0.0796 e. The van der Waals surface area contributed by atoms with E-state index < -0.39 is 0 Å². The quantitative estimate of drug-likeness (QED) is 0.325. The fourth-order valence-corrected chi connectivity index (χ4v) is 2.17. The number of hydrogen-bond acceptors (Lipinski definition) is 8. The van der Waals surface area contributed by atoms with Gasteiger partial charge in [0.2, 0.25) is 0 Å². The van der Waals surface area contributed by atoms with Gasteiger partial charge in [-0.15, -0.1) is 5.10 Å². The minimum absolute atomic E-state index is 0. The fraction of sp³-hybridized carbons (Fsp3) is 0.895. The summed E-state index contributed by atoms with van der Waals surface area (Å²) in [7, 11) is 0. The monoisotopic (exact) mass is 404 g/mol. The van der Waals surface area contributed by atoms with Crippen molar-refractivity contribution in [2.45, 2.75) is 39.8 Å². The van der Waals surface area contributed by atoms with Crippen molar-refractivity contribution in [2.75, 3.05) is 72.6 Å². The third-order valence-electron chi connectivity index (χ3n) is 3.96. The van der Waals surface area contributed by atoms with Crippen molar-refractivity contribution >= 4 is 0 Å². The molecule has 0 saturated heterocycles. The van der Waals surface area contributed by atoms with Gasteiger partial charge in [-0.1, -0.05) is 12.1 Å². The molecule has 1 aromatic rings. The zero-order chi connectivity index (χ0) is 20.3. The molecule has 0 fully saturated rings. The summed E-state index contributed by atoms with van der Waals surface area (Å²) in [6, 6.07) is 0.545.